The average molecular weight is 181 g/mol. The highest BCUT2D eigenvalue weighted by molar-refractivity contribution is 5.54. The number of hydrogen-bond donors (Lipinski definition) is 4. The lowest BCUT2D eigenvalue weighted by molar-refractivity contribution is 0.354. The summed E-state index contributed by atoms with van der Waals surface area (Å²) in [6, 6.07) is 3.03. The number of phenolic OH excluding ortho intramolecular Hbond substituents is 3. The van der Waals surface area contributed by atoms with Crippen molar-refractivity contribution in [2.75, 3.05) is 13.1 Å². The molecule has 0 aromatic heterocycles. The van der Waals surface area contributed by atoms with Crippen LogP contribution < -0.4 is 5.32 Å². The molecule has 1 saturated heterocycles. The van der Waals surface area contributed by atoms with Crippen LogP contribution in [0.4, 0.5) is 0 Å². The van der Waals surface area contributed by atoms with Crippen molar-refractivity contribution in [2.45, 2.75) is 5.92 Å². The zero-order valence-electron chi connectivity index (χ0n) is 6.99. The minimum atomic E-state index is -0.426. The third-order valence-corrected chi connectivity index (χ3v) is 2.38. The molecule has 0 bridgehead atoms. The number of hydrogen-bond acceptors (Lipinski definition) is 4. The van der Waals surface area contributed by atoms with E-state index in [0.717, 1.165) is 13.1 Å². The van der Waals surface area contributed by atoms with Crippen LogP contribution in [0.25, 0.3) is 0 Å². The first-order chi connectivity index (χ1) is 6.20. The second-order valence-electron chi connectivity index (χ2n) is 3.23. The Hall–Kier alpha value is -1.42. The quantitative estimate of drug-likeness (QED) is 0.476. The summed E-state index contributed by atoms with van der Waals surface area (Å²) in [5, 5.41) is 30.8. The maximum absolute atomic E-state index is 9.48. The van der Waals surface area contributed by atoms with Gasteiger partial charge in [0.15, 0.2) is 11.5 Å². The lowest BCUT2D eigenvalue weighted by atomic mass is 9.92. The Morgan fingerprint density at radius 3 is 2.31 bits per heavy atom. The Morgan fingerprint density at radius 1 is 1.08 bits per heavy atom. The van der Waals surface area contributed by atoms with Crippen molar-refractivity contribution in [1.29, 1.82) is 0 Å². The predicted molar refractivity (Wildman–Crippen MR) is 47.0 cm³/mol. The largest absolute Gasteiger partial charge is 0.504 e. The van der Waals surface area contributed by atoms with Crippen LogP contribution in [-0.2, 0) is 0 Å². The standard InChI is InChI=1S/C9H11NO3/c11-7-2-1-6(5-3-10-4-5)8(12)9(7)13/h1-2,5,10-13H,3-4H2. The van der Waals surface area contributed by atoms with Crippen LogP contribution in [0, 0.1) is 0 Å². The van der Waals surface area contributed by atoms with Gasteiger partial charge in [0.2, 0.25) is 5.75 Å². The van der Waals surface area contributed by atoms with Gasteiger partial charge in [0.1, 0.15) is 0 Å². The Labute approximate surface area is 75.5 Å². The Balaban J connectivity index is 2.41. The molecule has 0 aliphatic carbocycles. The summed E-state index contributed by atoms with van der Waals surface area (Å²) in [6.07, 6.45) is 0. The van der Waals surface area contributed by atoms with Gasteiger partial charge in [0.25, 0.3) is 0 Å². The fraction of sp³-hybridized carbons (Fsp3) is 0.333. The first-order valence-corrected chi connectivity index (χ1v) is 4.14. The summed E-state index contributed by atoms with van der Waals surface area (Å²) >= 11 is 0. The van der Waals surface area contributed by atoms with Crippen LogP contribution in [0.15, 0.2) is 12.1 Å². The minimum absolute atomic E-state index is 0.202. The van der Waals surface area contributed by atoms with Gasteiger partial charge in [-0.25, -0.2) is 0 Å². The van der Waals surface area contributed by atoms with E-state index in [0.29, 0.717) is 5.56 Å². The fourth-order valence-corrected chi connectivity index (χ4v) is 1.42. The van der Waals surface area contributed by atoms with Crippen molar-refractivity contribution in [3.05, 3.63) is 17.7 Å². The molecular weight excluding hydrogens is 170 g/mol. The molecule has 0 atom stereocenters. The van der Waals surface area contributed by atoms with Gasteiger partial charge in [0, 0.05) is 24.6 Å². The van der Waals surface area contributed by atoms with Crippen LogP contribution in [0.5, 0.6) is 17.2 Å². The summed E-state index contributed by atoms with van der Waals surface area (Å²) in [5.41, 5.74) is 0.689. The lowest BCUT2D eigenvalue weighted by Gasteiger charge is -2.28. The zero-order valence-corrected chi connectivity index (χ0v) is 6.99. The Kier molecular flexibility index (Phi) is 1.77. The molecule has 0 saturated carbocycles. The normalized spacial score (nSPS) is 16.9. The average Bonchev–Trinajstić information content (AvgIpc) is 2.03. The molecule has 0 unspecified atom stereocenters. The molecule has 1 aromatic carbocycles. The smallest absolute Gasteiger partial charge is 0.200 e. The molecule has 0 amide bonds. The van der Waals surface area contributed by atoms with Gasteiger partial charge in [-0.15, -0.1) is 0 Å². The van der Waals surface area contributed by atoms with Gasteiger partial charge in [0.05, 0.1) is 0 Å². The number of aromatic hydroxyl groups is 3. The molecule has 1 fully saturated rings. The van der Waals surface area contributed by atoms with Gasteiger partial charge in [-0.05, 0) is 6.07 Å². The van der Waals surface area contributed by atoms with E-state index in [4.69, 9.17) is 5.11 Å². The summed E-state index contributed by atoms with van der Waals surface area (Å²) in [5.74, 6) is -0.670. The summed E-state index contributed by atoms with van der Waals surface area (Å²) in [7, 11) is 0. The molecule has 0 radical (unpaired) electrons. The van der Waals surface area contributed by atoms with Gasteiger partial charge in [-0.2, -0.15) is 0 Å². The molecule has 4 N–H and O–H groups in total. The number of phenols is 3. The molecule has 0 spiro atoms. The van der Waals surface area contributed by atoms with Gasteiger partial charge in [-0.3, -0.25) is 0 Å². The first kappa shape index (κ1) is 8.19. The second kappa shape index (κ2) is 2.81. The molecule has 70 valence electrons. The zero-order chi connectivity index (χ0) is 9.42. The van der Waals surface area contributed by atoms with E-state index in [1.165, 1.54) is 6.07 Å². The van der Waals surface area contributed by atoms with E-state index in [9.17, 15) is 10.2 Å². The van der Waals surface area contributed by atoms with Gasteiger partial charge in [-0.1, -0.05) is 6.07 Å². The monoisotopic (exact) mass is 181 g/mol. The molecule has 4 heteroatoms. The van der Waals surface area contributed by atoms with Crippen molar-refractivity contribution in [3.8, 4) is 17.2 Å². The highest BCUT2D eigenvalue weighted by Gasteiger charge is 2.24. The molecule has 13 heavy (non-hydrogen) atoms. The SMILES string of the molecule is Oc1ccc(C2CNC2)c(O)c1O. The van der Waals surface area contributed by atoms with E-state index in [1.807, 2.05) is 0 Å². The van der Waals surface area contributed by atoms with Gasteiger partial charge >= 0.3 is 0 Å². The van der Waals surface area contributed by atoms with Crippen molar-refractivity contribution in [3.63, 3.8) is 0 Å². The van der Waals surface area contributed by atoms with Crippen molar-refractivity contribution in [2.24, 2.45) is 0 Å². The number of nitrogens with one attached hydrogen (secondary N) is 1. The van der Waals surface area contributed by atoms with Crippen LogP contribution in [0.3, 0.4) is 0 Å². The van der Waals surface area contributed by atoms with E-state index >= 15 is 0 Å². The molecule has 1 aliphatic rings. The van der Waals surface area contributed by atoms with E-state index < -0.39 is 5.75 Å². The molecule has 1 aromatic rings. The third kappa shape index (κ3) is 1.19. The summed E-state index contributed by atoms with van der Waals surface area (Å²) < 4.78 is 0. The van der Waals surface area contributed by atoms with Gasteiger partial charge < -0.3 is 20.6 Å². The van der Waals surface area contributed by atoms with Crippen LogP contribution in [0.1, 0.15) is 11.5 Å². The predicted octanol–water partition coefficient (Wildman–Crippen LogP) is 0.490. The molecule has 4 nitrogen and oxygen atoms in total. The third-order valence-electron chi connectivity index (χ3n) is 2.38. The van der Waals surface area contributed by atoms with Crippen LogP contribution in [-0.4, -0.2) is 28.4 Å². The second-order valence-corrected chi connectivity index (χ2v) is 3.23. The van der Waals surface area contributed by atoms with Crippen LogP contribution >= 0.6 is 0 Å². The first-order valence-electron chi connectivity index (χ1n) is 4.14. The maximum Gasteiger partial charge on any atom is 0.200 e. The molecule has 1 heterocycles. The van der Waals surface area contributed by atoms with E-state index in [1.54, 1.807) is 6.07 Å². The van der Waals surface area contributed by atoms with Crippen molar-refractivity contribution < 1.29 is 15.3 Å². The minimum Gasteiger partial charge on any atom is -0.504 e. The maximum atomic E-state index is 9.48. The van der Waals surface area contributed by atoms with Crippen LogP contribution in [0.2, 0.25) is 0 Å². The van der Waals surface area contributed by atoms with E-state index in [-0.39, 0.29) is 17.4 Å². The Morgan fingerprint density at radius 2 is 1.77 bits per heavy atom. The molecular formula is C9H11NO3. The lowest BCUT2D eigenvalue weighted by Crippen LogP contribution is -2.39. The molecule has 2 rings (SSSR count). The highest BCUT2D eigenvalue weighted by Crippen LogP contribution is 2.40. The molecule has 1 aliphatic heterocycles. The van der Waals surface area contributed by atoms with E-state index in [2.05, 4.69) is 5.32 Å². The van der Waals surface area contributed by atoms with Crippen molar-refractivity contribution >= 4 is 0 Å². The number of rotatable bonds is 1. The highest BCUT2D eigenvalue weighted by atomic mass is 16.3. The summed E-state index contributed by atoms with van der Waals surface area (Å²) in [4.78, 5) is 0. The van der Waals surface area contributed by atoms with Crippen molar-refractivity contribution in [1.82, 2.24) is 5.32 Å². The Bertz CT molecular complexity index is 334. The fourth-order valence-electron chi connectivity index (χ4n) is 1.42. The number of benzene rings is 1. The topological polar surface area (TPSA) is 72.7 Å². The summed E-state index contributed by atoms with van der Waals surface area (Å²) in [6.45, 7) is 1.61.